The molecular weight excluding hydrogens is 236 g/mol. The fourth-order valence-corrected chi connectivity index (χ4v) is 2.16. The highest BCUT2D eigenvalue weighted by Crippen LogP contribution is 2.29. The first kappa shape index (κ1) is 12.7. The van der Waals surface area contributed by atoms with Gasteiger partial charge in [-0.15, -0.1) is 0 Å². The molecule has 0 aliphatic heterocycles. The number of hydrogen-bond acceptors (Lipinski definition) is 2. The van der Waals surface area contributed by atoms with Crippen molar-refractivity contribution in [3.05, 3.63) is 28.8 Å². The number of hydrogen-bond donors (Lipinski definition) is 1. The van der Waals surface area contributed by atoms with Crippen LogP contribution < -0.4 is 4.74 Å². The van der Waals surface area contributed by atoms with Crippen molar-refractivity contribution in [2.24, 2.45) is 5.92 Å². The first-order chi connectivity index (χ1) is 8.19. The molecule has 0 radical (unpaired) electrons. The summed E-state index contributed by atoms with van der Waals surface area (Å²) in [6.45, 7) is 2.89. The molecule has 0 spiro atoms. The van der Waals surface area contributed by atoms with Crippen LogP contribution in [0.2, 0.25) is 5.02 Å². The summed E-state index contributed by atoms with van der Waals surface area (Å²) in [6, 6.07) is 5.71. The number of aliphatic hydroxyl groups is 1. The Bertz CT molecular complexity index is 374. The van der Waals surface area contributed by atoms with E-state index in [2.05, 4.69) is 0 Å². The van der Waals surface area contributed by atoms with Crippen LogP contribution >= 0.6 is 11.6 Å². The smallest absolute Gasteiger partial charge is 0.121 e. The van der Waals surface area contributed by atoms with Crippen LogP contribution in [0, 0.1) is 5.92 Å². The van der Waals surface area contributed by atoms with Gasteiger partial charge in [0.15, 0.2) is 0 Å². The molecule has 1 aromatic rings. The van der Waals surface area contributed by atoms with Crippen molar-refractivity contribution in [1.82, 2.24) is 0 Å². The van der Waals surface area contributed by atoms with Gasteiger partial charge in [0.1, 0.15) is 5.75 Å². The van der Waals surface area contributed by atoms with Crippen molar-refractivity contribution < 1.29 is 9.84 Å². The largest absolute Gasteiger partial charge is 0.493 e. The predicted molar refractivity (Wildman–Crippen MR) is 69.8 cm³/mol. The van der Waals surface area contributed by atoms with Gasteiger partial charge in [0.2, 0.25) is 0 Å². The van der Waals surface area contributed by atoms with Gasteiger partial charge in [-0.3, -0.25) is 0 Å². The van der Waals surface area contributed by atoms with E-state index in [-0.39, 0.29) is 12.5 Å². The zero-order chi connectivity index (χ0) is 12.3. The summed E-state index contributed by atoms with van der Waals surface area (Å²) in [7, 11) is 0. The van der Waals surface area contributed by atoms with Crippen molar-refractivity contribution >= 4 is 11.6 Å². The van der Waals surface area contributed by atoms with Crippen molar-refractivity contribution in [3.63, 3.8) is 0 Å². The zero-order valence-corrected chi connectivity index (χ0v) is 10.9. The monoisotopic (exact) mass is 254 g/mol. The van der Waals surface area contributed by atoms with Crippen molar-refractivity contribution in [1.29, 1.82) is 0 Å². The minimum atomic E-state index is 0.0970. The van der Waals surface area contributed by atoms with Gasteiger partial charge in [-0.05, 0) is 42.5 Å². The van der Waals surface area contributed by atoms with Crippen LogP contribution in [0.25, 0.3) is 0 Å². The Kier molecular flexibility index (Phi) is 4.30. The summed E-state index contributed by atoms with van der Waals surface area (Å²) in [5.41, 5.74) is 1.03. The van der Waals surface area contributed by atoms with Gasteiger partial charge in [-0.25, -0.2) is 0 Å². The Morgan fingerprint density at radius 2 is 2.18 bits per heavy atom. The van der Waals surface area contributed by atoms with E-state index in [0.29, 0.717) is 10.9 Å². The SMILES string of the molecule is CC(CO)c1cc(Cl)cc(OCC2CCC2)c1. The molecule has 1 aliphatic rings. The molecule has 94 valence electrons. The minimum Gasteiger partial charge on any atom is -0.493 e. The number of benzene rings is 1. The maximum absolute atomic E-state index is 9.15. The Balaban J connectivity index is 2.02. The quantitative estimate of drug-likeness (QED) is 0.870. The molecule has 0 bridgehead atoms. The van der Waals surface area contributed by atoms with Gasteiger partial charge in [-0.2, -0.15) is 0 Å². The van der Waals surface area contributed by atoms with Crippen LogP contribution in [0.4, 0.5) is 0 Å². The van der Waals surface area contributed by atoms with Crippen LogP contribution in [0.1, 0.15) is 37.7 Å². The van der Waals surface area contributed by atoms with E-state index in [9.17, 15) is 0 Å². The highest BCUT2D eigenvalue weighted by atomic mass is 35.5. The highest BCUT2D eigenvalue weighted by Gasteiger charge is 2.18. The average Bonchev–Trinajstić information content (AvgIpc) is 2.25. The molecule has 1 fully saturated rings. The molecule has 0 aromatic heterocycles. The summed E-state index contributed by atoms with van der Waals surface area (Å²) in [5, 5.41) is 9.82. The summed E-state index contributed by atoms with van der Waals surface area (Å²) in [6.07, 6.45) is 3.89. The molecule has 3 heteroatoms. The third-order valence-electron chi connectivity index (χ3n) is 3.45. The first-order valence-corrected chi connectivity index (χ1v) is 6.61. The van der Waals surface area contributed by atoms with Crippen LogP contribution in [-0.4, -0.2) is 18.3 Å². The fraction of sp³-hybridized carbons (Fsp3) is 0.571. The summed E-state index contributed by atoms with van der Waals surface area (Å²) in [5.74, 6) is 1.63. The molecule has 0 heterocycles. The molecule has 1 atom stereocenters. The molecule has 17 heavy (non-hydrogen) atoms. The van der Waals surface area contributed by atoms with Gasteiger partial charge in [0.05, 0.1) is 6.61 Å². The maximum atomic E-state index is 9.15. The van der Waals surface area contributed by atoms with Crippen molar-refractivity contribution in [3.8, 4) is 5.75 Å². The number of ether oxygens (including phenoxy) is 1. The van der Waals surface area contributed by atoms with E-state index >= 15 is 0 Å². The summed E-state index contributed by atoms with van der Waals surface area (Å²) >= 11 is 6.05. The second-order valence-electron chi connectivity index (χ2n) is 4.91. The molecular formula is C14H19ClO2. The Labute approximate surface area is 108 Å². The van der Waals surface area contributed by atoms with Gasteiger partial charge in [-0.1, -0.05) is 24.9 Å². The van der Waals surface area contributed by atoms with Gasteiger partial charge < -0.3 is 9.84 Å². The van der Waals surface area contributed by atoms with E-state index < -0.39 is 0 Å². The fourth-order valence-electron chi connectivity index (χ4n) is 1.93. The van der Waals surface area contributed by atoms with E-state index in [0.717, 1.165) is 17.9 Å². The Morgan fingerprint density at radius 1 is 1.41 bits per heavy atom. The van der Waals surface area contributed by atoms with Crippen LogP contribution in [-0.2, 0) is 0 Å². The van der Waals surface area contributed by atoms with Gasteiger partial charge >= 0.3 is 0 Å². The van der Waals surface area contributed by atoms with E-state index in [1.165, 1.54) is 19.3 Å². The molecule has 2 rings (SSSR count). The van der Waals surface area contributed by atoms with E-state index in [1.807, 2.05) is 25.1 Å². The summed E-state index contributed by atoms with van der Waals surface area (Å²) in [4.78, 5) is 0. The number of halogens is 1. The molecule has 0 saturated heterocycles. The highest BCUT2D eigenvalue weighted by molar-refractivity contribution is 6.30. The molecule has 1 saturated carbocycles. The molecule has 2 nitrogen and oxygen atoms in total. The minimum absolute atomic E-state index is 0.0970. The van der Waals surface area contributed by atoms with E-state index in [4.69, 9.17) is 21.4 Å². The lowest BCUT2D eigenvalue weighted by molar-refractivity contribution is 0.180. The van der Waals surface area contributed by atoms with Gasteiger partial charge in [0.25, 0.3) is 0 Å². The third kappa shape index (κ3) is 3.36. The normalized spacial score (nSPS) is 17.6. The van der Waals surface area contributed by atoms with Crippen LogP contribution in [0.5, 0.6) is 5.75 Å². The standard InChI is InChI=1S/C14H19ClO2/c1-10(8-16)12-5-13(15)7-14(6-12)17-9-11-3-2-4-11/h5-7,10-11,16H,2-4,8-9H2,1H3. The van der Waals surface area contributed by atoms with Crippen molar-refractivity contribution in [2.75, 3.05) is 13.2 Å². The number of rotatable bonds is 5. The van der Waals surface area contributed by atoms with Crippen LogP contribution in [0.15, 0.2) is 18.2 Å². The summed E-state index contributed by atoms with van der Waals surface area (Å²) < 4.78 is 5.76. The first-order valence-electron chi connectivity index (χ1n) is 6.23. The Morgan fingerprint density at radius 3 is 2.76 bits per heavy atom. The molecule has 1 N–H and O–H groups in total. The predicted octanol–water partition coefficient (Wildman–Crippen LogP) is 3.61. The molecule has 1 aromatic carbocycles. The topological polar surface area (TPSA) is 29.5 Å². The second kappa shape index (κ2) is 5.74. The molecule has 1 unspecified atom stereocenters. The Hall–Kier alpha value is -0.730. The zero-order valence-electron chi connectivity index (χ0n) is 10.2. The van der Waals surface area contributed by atoms with Gasteiger partial charge in [0, 0.05) is 17.5 Å². The van der Waals surface area contributed by atoms with Crippen molar-refractivity contribution in [2.45, 2.75) is 32.1 Å². The third-order valence-corrected chi connectivity index (χ3v) is 3.67. The lowest BCUT2D eigenvalue weighted by atomic mass is 9.86. The molecule has 1 aliphatic carbocycles. The molecule has 0 amide bonds. The average molecular weight is 255 g/mol. The van der Waals surface area contributed by atoms with E-state index in [1.54, 1.807) is 0 Å². The lowest BCUT2D eigenvalue weighted by Gasteiger charge is -2.25. The van der Waals surface area contributed by atoms with Crippen LogP contribution in [0.3, 0.4) is 0 Å². The maximum Gasteiger partial charge on any atom is 0.121 e. The number of aliphatic hydroxyl groups excluding tert-OH is 1. The lowest BCUT2D eigenvalue weighted by Crippen LogP contribution is -2.19. The second-order valence-corrected chi connectivity index (χ2v) is 5.35.